The fourth-order valence-corrected chi connectivity index (χ4v) is 5.57. The number of benzene rings is 1. The maximum atomic E-state index is 13.0. The minimum Gasteiger partial charge on any atom is -0.368 e. The summed E-state index contributed by atoms with van der Waals surface area (Å²) in [4.78, 5) is 21.1. The van der Waals surface area contributed by atoms with Gasteiger partial charge in [0.25, 0.3) is 0 Å². The van der Waals surface area contributed by atoms with Crippen molar-refractivity contribution in [3.63, 3.8) is 0 Å². The molecule has 1 amide bonds. The predicted octanol–water partition coefficient (Wildman–Crippen LogP) is 0.0266. The lowest BCUT2D eigenvalue weighted by Crippen LogP contribution is -2.59. The molecule has 0 saturated carbocycles. The first-order valence-corrected chi connectivity index (χ1v) is 11.7. The van der Waals surface area contributed by atoms with E-state index in [9.17, 15) is 13.2 Å². The highest BCUT2D eigenvalue weighted by Crippen LogP contribution is 2.28. The van der Waals surface area contributed by atoms with Crippen LogP contribution in [0.4, 0.5) is 5.69 Å². The molecule has 11 nitrogen and oxygen atoms in total. The largest absolute Gasteiger partial charge is 0.368 e. The van der Waals surface area contributed by atoms with E-state index in [1.54, 1.807) is 24.5 Å². The zero-order valence-corrected chi connectivity index (χ0v) is 18.0. The number of nitrogens with zero attached hydrogens (tertiary/aromatic N) is 8. The molecule has 4 heterocycles. The highest BCUT2D eigenvalue weighted by Gasteiger charge is 2.42. The first-order valence-electron chi connectivity index (χ1n) is 10.3. The lowest BCUT2D eigenvalue weighted by molar-refractivity contribution is -0.139. The van der Waals surface area contributed by atoms with Crippen LogP contribution in [0.1, 0.15) is 0 Å². The lowest BCUT2D eigenvalue weighted by Gasteiger charge is -2.42. The number of rotatable bonds is 5. The van der Waals surface area contributed by atoms with E-state index in [4.69, 9.17) is 0 Å². The van der Waals surface area contributed by atoms with Crippen LogP contribution in [0.3, 0.4) is 0 Å². The Labute approximate surface area is 185 Å². The van der Waals surface area contributed by atoms with Gasteiger partial charge in [-0.25, -0.2) is 13.1 Å². The zero-order valence-electron chi connectivity index (χ0n) is 17.2. The van der Waals surface area contributed by atoms with Crippen molar-refractivity contribution in [3.05, 3.63) is 55.1 Å². The van der Waals surface area contributed by atoms with E-state index in [1.807, 2.05) is 17.0 Å². The van der Waals surface area contributed by atoms with E-state index in [1.165, 1.54) is 27.4 Å². The van der Waals surface area contributed by atoms with E-state index in [2.05, 4.69) is 25.4 Å². The highest BCUT2D eigenvalue weighted by molar-refractivity contribution is 7.89. The van der Waals surface area contributed by atoms with E-state index in [0.29, 0.717) is 18.8 Å². The molecule has 2 aliphatic heterocycles. The monoisotopic (exact) mass is 454 g/mol. The molecule has 32 heavy (non-hydrogen) atoms. The molecule has 5 rings (SSSR count). The van der Waals surface area contributed by atoms with Crippen molar-refractivity contribution in [2.24, 2.45) is 5.92 Å². The van der Waals surface area contributed by atoms with Gasteiger partial charge in [0.15, 0.2) is 0 Å². The maximum absolute atomic E-state index is 13.0. The van der Waals surface area contributed by atoms with Crippen LogP contribution in [0.2, 0.25) is 0 Å². The van der Waals surface area contributed by atoms with Crippen LogP contribution in [0.15, 0.2) is 60.0 Å². The van der Waals surface area contributed by atoms with Gasteiger partial charge in [-0.2, -0.15) is 4.31 Å². The van der Waals surface area contributed by atoms with Crippen molar-refractivity contribution in [2.75, 3.05) is 44.2 Å². The number of hydrogen-bond acceptors (Lipinski definition) is 8. The van der Waals surface area contributed by atoms with Gasteiger partial charge < -0.3 is 9.80 Å². The van der Waals surface area contributed by atoms with E-state index >= 15 is 0 Å². The topological polar surface area (TPSA) is 117 Å². The first-order chi connectivity index (χ1) is 15.5. The molecule has 2 fully saturated rings. The third kappa shape index (κ3) is 3.82. The van der Waals surface area contributed by atoms with Gasteiger partial charge in [0.2, 0.25) is 15.9 Å². The summed E-state index contributed by atoms with van der Waals surface area (Å²) < 4.78 is 28.8. The second kappa shape index (κ2) is 8.28. The fourth-order valence-electron chi connectivity index (χ4n) is 4.00. The summed E-state index contributed by atoms with van der Waals surface area (Å²) in [6.07, 6.45) is 4.92. The lowest BCUT2D eigenvalue weighted by atomic mass is 10.0. The van der Waals surface area contributed by atoms with Gasteiger partial charge in [0, 0.05) is 57.3 Å². The van der Waals surface area contributed by atoms with E-state index < -0.39 is 10.0 Å². The van der Waals surface area contributed by atoms with Gasteiger partial charge >= 0.3 is 0 Å². The van der Waals surface area contributed by atoms with Crippen LogP contribution < -0.4 is 4.90 Å². The number of carbonyl (C=O) groups is 1. The third-order valence-corrected chi connectivity index (χ3v) is 7.71. The van der Waals surface area contributed by atoms with Crippen LogP contribution >= 0.6 is 0 Å². The SMILES string of the molecule is O=C(C1CN(S(=O)(=O)c2cccc(-n3cnnn3)c2)C1)N1CCN(c2ccncc2)CC1. The van der Waals surface area contributed by atoms with Gasteiger partial charge in [-0.05, 0) is 40.8 Å². The van der Waals surface area contributed by atoms with E-state index in [-0.39, 0.29) is 29.8 Å². The van der Waals surface area contributed by atoms with Crippen molar-refractivity contribution < 1.29 is 13.2 Å². The van der Waals surface area contributed by atoms with Crippen LogP contribution in [0.5, 0.6) is 0 Å². The molecule has 0 bridgehead atoms. The van der Waals surface area contributed by atoms with Crippen LogP contribution in [0, 0.1) is 5.92 Å². The Bertz CT molecular complexity index is 1190. The summed E-state index contributed by atoms with van der Waals surface area (Å²) >= 11 is 0. The number of amides is 1. The summed E-state index contributed by atoms with van der Waals surface area (Å²) in [6.45, 7) is 3.13. The zero-order chi connectivity index (χ0) is 22.1. The molecule has 166 valence electrons. The highest BCUT2D eigenvalue weighted by atomic mass is 32.2. The minimum atomic E-state index is -3.69. The quantitative estimate of drug-likeness (QED) is 0.530. The van der Waals surface area contributed by atoms with Crippen molar-refractivity contribution in [2.45, 2.75) is 4.90 Å². The standard InChI is InChI=1S/C20H22N8O3S/c29-20(26-10-8-25(9-11-26)17-4-6-21-7-5-17)16-13-27(14-16)32(30,31)19-3-1-2-18(12-19)28-15-22-23-24-28/h1-7,12,15-16H,8-11,13-14H2. The molecule has 0 atom stereocenters. The predicted molar refractivity (Wildman–Crippen MR) is 114 cm³/mol. The molecule has 2 aromatic heterocycles. The molecule has 0 aliphatic carbocycles. The number of piperazine rings is 1. The second-order valence-electron chi connectivity index (χ2n) is 7.79. The molecule has 0 radical (unpaired) electrons. The Morgan fingerprint density at radius 3 is 2.41 bits per heavy atom. The number of carbonyl (C=O) groups excluding carboxylic acids is 1. The number of anilines is 1. The molecule has 12 heteroatoms. The summed E-state index contributed by atoms with van der Waals surface area (Å²) in [6, 6.07) is 10.4. The van der Waals surface area contributed by atoms with Gasteiger partial charge in [0.1, 0.15) is 6.33 Å². The van der Waals surface area contributed by atoms with Gasteiger partial charge in [-0.15, -0.1) is 5.10 Å². The smallest absolute Gasteiger partial charge is 0.243 e. The number of aromatic nitrogens is 5. The Hall–Kier alpha value is -3.38. The summed E-state index contributed by atoms with van der Waals surface area (Å²) in [5.74, 6) is -0.284. The van der Waals surface area contributed by atoms with Crippen LogP contribution in [-0.2, 0) is 14.8 Å². The molecule has 3 aromatic rings. The Balaban J connectivity index is 1.19. The van der Waals surface area contributed by atoms with Gasteiger partial charge in [0.05, 0.1) is 16.5 Å². The molecule has 0 unspecified atom stereocenters. The average Bonchev–Trinajstić information content (AvgIpc) is 3.34. The molecule has 2 saturated heterocycles. The number of tetrazole rings is 1. The van der Waals surface area contributed by atoms with Gasteiger partial charge in [-0.3, -0.25) is 9.78 Å². The van der Waals surface area contributed by atoms with Crippen molar-refractivity contribution in [3.8, 4) is 5.69 Å². The first kappa shape index (κ1) is 20.5. The van der Waals surface area contributed by atoms with Crippen LogP contribution in [0.25, 0.3) is 5.69 Å². The third-order valence-electron chi connectivity index (χ3n) is 5.89. The summed E-state index contributed by atoms with van der Waals surface area (Å²) in [7, 11) is -3.69. The van der Waals surface area contributed by atoms with Crippen LogP contribution in [-0.4, -0.2) is 88.0 Å². The molecule has 1 aromatic carbocycles. The van der Waals surface area contributed by atoms with E-state index in [0.717, 1.165) is 18.8 Å². The summed E-state index contributed by atoms with van der Waals surface area (Å²) in [5.41, 5.74) is 1.65. The maximum Gasteiger partial charge on any atom is 0.243 e. The normalized spacial score (nSPS) is 17.9. The van der Waals surface area contributed by atoms with Gasteiger partial charge in [-0.1, -0.05) is 6.07 Å². The van der Waals surface area contributed by atoms with Crippen molar-refractivity contribution >= 4 is 21.6 Å². The Kier molecular flexibility index (Phi) is 5.31. The molecular formula is C20H22N8O3S. The van der Waals surface area contributed by atoms with Crippen molar-refractivity contribution in [1.29, 1.82) is 0 Å². The Morgan fingerprint density at radius 1 is 0.969 bits per heavy atom. The Morgan fingerprint density at radius 2 is 1.72 bits per heavy atom. The minimum absolute atomic E-state index is 0.0215. The van der Waals surface area contributed by atoms with Crippen molar-refractivity contribution in [1.82, 2.24) is 34.4 Å². The number of pyridine rings is 1. The molecule has 0 spiro atoms. The summed E-state index contributed by atoms with van der Waals surface area (Å²) in [5, 5.41) is 10.9. The number of sulfonamides is 1. The second-order valence-corrected chi connectivity index (χ2v) is 9.73. The molecule has 2 aliphatic rings. The molecular weight excluding hydrogens is 432 g/mol. The average molecular weight is 455 g/mol. The fraction of sp³-hybridized carbons (Fsp3) is 0.350. The number of hydrogen-bond donors (Lipinski definition) is 0. The molecule has 0 N–H and O–H groups in total.